The SMILES string of the molecule is COc1c(CO)c(Br)cc(CO)c1OCc1ccccc1. The largest absolute Gasteiger partial charge is 0.492 e. The molecule has 0 bridgehead atoms. The normalized spacial score (nSPS) is 10.5. The maximum Gasteiger partial charge on any atom is 0.167 e. The summed E-state index contributed by atoms with van der Waals surface area (Å²) < 4.78 is 11.8. The lowest BCUT2D eigenvalue weighted by Crippen LogP contribution is -2.04. The molecule has 0 aromatic heterocycles. The molecule has 112 valence electrons. The van der Waals surface area contributed by atoms with Crippen LogP contribution in [0.3, 0.4) is 0 Å². The van der Waals surface area contributed by atoms with Crippen LogP contribution in [0.4, 0.5) is 0 Å². The van der Waals surface area contributed by atoms with Crippen molar-refractivity contribution in [3.8, 4) is 11.5 Å². The quantitative estimate of drug-likeness (QED) is 0.838. The molecule has 0 aliphatic carbocycles. The summed E-state index contributed by atoms with van der Waals surface area (Å²) in [5, 5.41) is 19.0. The number of rotatable bonds is 6. The van der Waals surface area contributed by atoms with Gasteiger partial charge in [-0.25, -0.2) is 0 Å². The maximum atomic E-state index is 9.50. The van der Waals surface area contributed by atoms with Gasteiger partial charge in [-0.2, -0.15) is 0 Å². The van der Waals surface area contributed by atoms with Gasteiger partial charge >= 0.3 is 0 Å². The summed E-state index contributed by atoms with van der Waals surface area (Å²) in [5.41, 5.74) is 2.21. The molecule has 2 N–H and O–H groups in total. The van der Waals surface area contributed by atoms with Crippen molar-refractivity contribution in [1.29, 1.82) is 0 Å². The fraction of sp³-hybridized carbons (Fsp3) is 0.250. The molecule has 0 spiro atoms. The second kappa shape index (κ2) is 7.45. The minimum Gasteiger partial charge on any atom is -0.492 e. The molecule has 0 atom stereocenters. The Bertz CT molecular complexity index is 599. The standard InChI is InChI=1S/C16H17BrO4/c1-20-16-13(9-19)14(17)7-12(8-18)15(16)21-10-11-5-3-2-4-6-11/h2-7,18-19H,8-10H2,1H3. The second-order valence-corrected chi connectivity index (χ2v) is 5.30. The van der Waals surface area contributed by atoms with Gasteiger partial charge in [0.25, 0.3) is 0 Å². The predicted molar refractivity (Wildman–Crippen MR) is 83.3 cm³/mol. The number of halogens is 1. The Kier molecular flexibility index (Phi) is 5.61. The molecule has 2 rings (SSSR count). The zero-order valence-electron chi connectivity index (χ0n) is 11.7. The van der Waals surface area contributed by atoms with Crippen LogP contribution in [-0.4, -0.2) is 17.3 Å². The van der Waals surface area contributed by atoms with E-state index in [-0.39, 0.29) is 13.2 Å². The van der Waals surface area contributed by atoms with Crippen LogP contribution in [0.1, 0.15) is 16.7 Å². The van der Waals surface area contributed by atoms with Crippen molar-refractivity contribution in [3.05, 3.63) is 57.6 Å². The zero-order valence-corrected chi connectivity index (χ0v) is 13.3. The monoisotopic (exact) mass is 352 g/mol. The van der Waals surface area contributed by atoms with Crippen LogP contribution in [0.25, 0.3) is 0 Å². The van der Waals surface area contributed by atoms with Crippen LogP contribution >= 0.6 is 15.9 Å². The van der Waals surface area contributed by atoms with E-state index in [1.54, 1.807) is 6.07 Å². The van der Waals surface area contributed by atoms with Gasteiger partial charge in [0.2, 0.25) is 0 Å². The fourth-order valence-corrected chi connectivity index (χ4v) is 2.65. The number of benzene rings is 2. The maximum absolute atomic E-state index is 9.50. The van der Waals surface area contributed by atoms with E-state index in [9.17, 15) is 10.2 Å². The van der Waals surface area contributed by atoms with Gasteiger partial charge in [-0.1, -0.05) is 46.3 Å². The molecule has 0 unspecified atom stereocenters. The predicted octanol–water partition coefficient (Wildman–Crippen LogP) is 3.02. The third-order valence-electron chi connectivity index (χ3n) is 3.12. The topological polar surface area (TPSA) is 58.9 Å². The first-order chi connectivity index (χ1) is 10.2. The van der Waals surface area contributed by atoms with Crippen molar-refractivity contribution in [3.63, 3.8) is 0 Å². The minimum atomic E-state index is -0.183. The average Bonchev–Trinajstić information content (AvgIpc) is 2.53. The van der Waals surface area contributed by atoms with E-state index in [4.69, 9.17) is 9.47 Å². The smallest absolute Gasteiger partial charge is 0.167 e. The highest BCUT2D eigenvalue weighted by Crippen LogP contribution is 2.40. The number of methoxy groups -OCH3 is 1. The molecule has 0 fully saturated rings. The van der Waals surface area contributed by atoms with E-state index in [1.165, 1.54) is 7.11 Å². The van der Waals surface area contributed by atoms with Crippen LogP contribution in [-0.2, 0) is 19.8 Å². The molecule has 0 aliphatic rings. The summed E-state index contributed by atoms with van der Waals surface area (Å²) in [6.07, 6.45) is 0. The zero-order chi connectivity index (χ0) is 15.2. The van der Waals surface area contributed by atoms with Gasteiger partial charge in [-0.15, -0.1) is 0 Å². The highest BCUT2D eigenvalue weighted by molar-refractivity contribution is 9.10. The summed E-state index contributed by atoms with van der Waals surface area (Å²) in [7, 11) is 1.51. The Morgan fingerprint density at radius 2 is 1.76 bits per heavy atom. The van der Waals surface area contributed by atoms with Crippen molar-refractivity contribution in [2.75, 3.05) is 7.11 Å². The van der Waals surface area contributed by atoms with Gasteiger partial charge in [0.1, 0.15) is 6.61 Å². The fourth-order valence-electron chi connectivity index (χ4n) is 2.07. The van der Waals surface area contributed by atoms with E-state index in [1.807, 2.05) is 30.3 Å². The van der Waals surface area contributed by atoms with Crippen LogP contribution in [0.2, 0.25) is 0 Å². The van der Waals surface area contributed by atoms with E-state index >= 15 is 0 Å². The molecular weight excluding hydrogens is 336 g/mol. The second-order valence-electron chi connectivity index (χ2n) is 4.45. The molecule has 0 saturated heterocycles. The Morgan fingerprint density at radius 1 is 1.05 bits per heavy atom. The summed E-state index contributed by atoms with van der Waals surface area (Å²) in [6, 6.07) is 11.4. The van der Waals surface area contributed by atoms with E-state index < -0.39 is 0 Å². The molecule has 2 aromatic carbocycles. The first-order valence-electron chi connectivity index (χ1n) is 6.48. The molecule has 0 amide bonds. The molecule has 21 heavy (non-hydrogen) atoms. The Morgan fingerprint density at radius 3 is 2.33 bits per heavy atom. The number of hydrogen-bond acceptors (Lipinski definition) is 4. The summed E-state index contributed by atoms with van der Waals surface area (Å²) in [5.74, 6) is 0.892. The van der Waals surface area contributed by atoms with Crippen LogP contribution in [0, 0.1) is 0 Å². The lowest BCUT2D eigenvalue weighted by Gasteiger charge is -2.18. The molecule has 0 radical (unpaired) electrons. The Labute approximate surface area is 132 Å². The van der Waals surface area contributed by atoms with Crippen molar-refractivity contribution in [2.45, 2.75) is 19.8 Å². The highest BCUT2D eigenvalue weighted by atomic mass is 79.9. The summed E-state index contributed by atoms with van der Waals surface area (Å²) in [6.45, 7) is -0.00133. The van der Waals surface area contributed by atoms with E-state index in [2.05, 4.69) is 15.9 Å². The van der Waals surface area contributed by atoms with Gasteiger partial charge in [0, 0.05) is 15.6 Å². The third kappa shape index (κ3) is 3.56. The van der Waals surface area contributed by atoms with Gasteiger partial charge < -0.3 is 19.7 Å². The summed E-state index contributed by atoms with van der Waals surface area (Å²) >= 11 is 3.36. The number of hydrogen-bond donors (Lipinski definition) is 2. The molecule has 0 heterocycles. The Hall–Kier alpha value is -1.56. The highest BCUT2D eigenvalue weighted by Gasteiger charge is 2.18. The van der Waals surface area contributed by atoms with Crippen LogP contribution in [0.5, 0.6) is 11.5 Å². The van der Waals surface area contributed by atoms with Crippen molar-refractivity contribution >= 4 is 15.9 Å². The molecular formula is C16H17BrO4. The van der Waals surface area contributed by atoms with Gasteiger partial charge in [0.15, 0.2) is 11.5 Å². The van der Waals surface area contributed by atoms with Crippen LogP contribution in [0.15, 0.2) is 40.9 Å². The lowest BCUT2D eigenvalue weighted by atomic mass is 10.1. The molecule has 4 nitrogen and oxygen atoms in total. The van der Waals surface area contributed by atoms with E-state index in [0.29, 0.717) is 33.7 Å². The third-order valence-corrected chi connectivity index (χ3v) is 3.83. The minimum absolute atomic E-state index is 0.176. The van der Waals surface area contributed by atoms with Gasteiger partial charge in [0.05, 0.1) is 20.3 Å². The van der Waals surface area contributed by atoms with Gasteiger partial charge in [-0.3, -0.25) is 0 Å². The van der Waals surface area contributed by atoms with Gasteiger partial charge in [-0.05, 0) is 11.6 Å². The van der Waals surface area contributed by atoms with Crippen molar-refractivity contribution < 1.29 is 19.7 Å². The van der Waals surface area contributed by atoms with Crippen molar-refractivity contribution in [1.82, 2.24) is 0 Å². The van der Waals surface area contributed by atoms with Crippen molar-refractivity contribution in [2.24, 2.45) is 0 Å². The summed E-state index contributed by atoms with van der Waals surface area (Å²) in [4.78, 5) is 0. The Balaban J connectivity index is 2.36. The molecule has 0 saturated carbocycles. The average molecular weight is 353 g/mol. The first-order valence-corrected chi connectivity index (χ1v) is 7.27. The molecule has 5 heteroatoms. The molecule has 0 aliphatic heterocycles. The molecule has 2 aromatic rings. The lowest BCUT2D eigenvalue weighted by molar-refractivity contribution is 0.241. The first kappa shape index (κ1) is 15.8. The number of aliphatic hydroxyl groups excluding tert-OH is 2. The van der Waals surface area contributed by atoms with Crippen LogP contribution < -0.4 is 9.47 Å². The van der Waals surface area contributed by atoms with E-state index in [0.717, 1.165) is 5.56 Å². The number of aliphatic hydroxyl groups is 2. The number of ether oxygens (including phenoxy) is 2.